The van der Waals surface area contributed by atoms with Gasteiger partial charge in [-0.1, -0.05) is 6.07 Å². The molecule has 1 saturated carbocycles. The molecule has 3 rings (SSSR count). The van der Waals surface area contributed by atoms with Gasteiger partial charge in [0.25, 0.3) is 0 Å². The van der Waals surface area contributed by atoms with Crippen molar-refractivity contribution in [1.82, 2.24) is 9.88 Å². The molecule has 0 amide bonds. The number of anilines is 1. The Labute approximate surface area is 127 Å². The number of aromatic nitrogens is 1. The maximum absolute atomic E-state index is 6.16. The molecule has 116 valence electrons. The second-order valence-corrected chi connectivity index (χ2v) is 6.18. The molecule has 1 unspecified atom stereocenters. The molecule has 2 fully saturated rings. The van der Waals surface area contributed by atoms with Gasteiger partial charge in [0.15, 0.2) is 0 Å². The van der Waals surface area contributed by atoms with Crippen molar-refractivity contribution < 1.29 is 4.74 Å². The van der Waals surface area contributed by atoms with E-state index in [-0.39, 0.29) is 5.54 Å². The van der Waals surface area contributed by atoms with Gasteiger partial charge in [-0.2, -0.15) is 0 Å². The highest BCUT2D eigenvalue weighted by molar-refractivity contribution is 5.38. The first kappa shape index (κ1) is 14.8. The zero-order valence-electron chi connectivity index (χ0n) is 12.9. The molecule has 0 spiro atoms. The summed E-state index contributed by atoms with van der Waals surface area (Å²) in [6.45, 7) is 5.53. The van der Waals surface area contributed by atoms with Crippen molar-refractivity contribution in [2.45, 2.75) is 18.4 Å². The molecule has 2 heterocycles. The molecule has 2 aliphatic rings. The molecular formula is C16H26N4O. The van der Waals surface area contributed by atoms with Gasteiger partial charge in [-0.3, -0.25) is 4.90 Å². The lowest BCUT2D eigenvalue weighted by molar-refractivity contribution is -0.00395. The van der Waals surface area contributed by atoms with Crippen LogP contribution in [0.1, 0.15) is 12.8 Å². The maximum Gasteiger partial charge on any atom is 0.128 e. The lowest BCUT2D eigenvalue weighted by Crippen LogP contribution is -2.63. The van der Waals surface area contributed by atoms with Gasteiger partial charge in [0.05, 0.1) is 12.1 Å². The van der Waals surface area contributed by atoms with E-state index in [2.05, 4.69) is 20.9 Å². The molecule has 5 nitrogen and oxygen atoms in total. The van der Waals surface area contributed by atoms with Crippen molar-refractivity contribution in [2.24, 2.45) is 11.7 Å². The first-order chi connectivity index (χ1) is 10.3. The van der Waals surface area contributed by atoms with Gasteiger partial charge >= 0.3 is 0 Å². The molecule has 1 saturated heterocycles. The Morgan fingerprint density at radius 3 is 2.57 bits per heavy atom. The van der Waals surface area contributed by atoms with Crippen LogP contribution in [0, 0.1) is 5.92 Å². The summed E-state index contributed by atoms with van der Waals surface area (Å²) in [6.07, 6.45) is 4.45. The van der Waals surface area contributed by atoms with E-state index in [0.717, 1.165) is 38.6 Å². The zero-order valence-corrected chi connectivity index (χ0v) is 12.9. The Bertz CT molecular complexity index is 443. The molecule has 2 N–H and O–H groups in total. The fraction of sp³-hybridized carbons (Fsp3) is 0.688. The number of methoxy groups -OCH3 is 1. The fourth-order valence-electron chi connectivity index (χ4n) is 3.61. The molecule has 1 aromatic rings. The molecule has 0 aromatic carbocycles. The Balaban J connectivity index is 1.66. The zero-order chi connectivity index (χ0) is 14.7. The van der Waals surface area contributed by atoms with E-state index in [9.17, 15) is 0 Å². The van der Waals surface area contributed by atoms with Crippen LogP contribution in [0.2, 0.25) is 0 Å². The van der Waals surface area contributed by atoms with E-state index in [1.54, 1.807) is 7.11 Å². The van der Waals surface area contributed by atoms with E-state index in [1.807, 2.05) is 18.3 Å². The first-order valence-corrected chi connectivity index (χ1v) is 7.90. The van der Waals surface area contributed by atoms with Crippen LogP contribution in [-0.4, -0.2) is 61.9 Å². The van der Waals surface area contributed by atoms with Crippen LogP contribution in [0.15, 0.2) is 24.4 Å². The van der Waals surface area contributed by atoms with Crippen LogP contribution in [0.5, 0.6) is 0 Å². The highest BCUT2D eigenvalue weighted by Gasteiger charge is 2.49. The topological polar surface area (TPSA) is 54.6 Å². The number of hydrogen-bond donors (Lipinski definition) is 1. The SMILES string of the molecule is COCC(CN)(C1CC1)N1CCN(c2ccccn2)CC1. The highest BCUT2D eigenvalue weighted by atomic mass is 16.5. The predicted molar refractivity (Wildman–Crippen MR) is 84.4 cm³/mol. The largest absolute Gasteiger partial charge is 0.383 e. The third-order valence-corrected chi connectivity index (χ3v) is 4.97. The lowest BCUT2D eigenvalue weighted by Gasteiger charge is -2.47. The number of rotatable bonds is 6. The summed E-state index contributed by atoms with van der Waals surface area (Å²) in [5.41, 5.74) is 6.21. The first-order valence-electron chi connectivity index (χ1n) is 7.90. The standard InChI is InChI=1S/C16H26N4O/c1-21-13-16(12-17,14-5-6-14)20-10-8-19(9-11-20)15-4-2-3-7-18-15/h2-4,7,14H,5-6,8-13,17H2,1H3. The van der Waals surface area contributed by atoms with Crippen molar-refractivity contribution in [3.8, 4) is 0 Å². The summed E-state index contributed by atoms with van der Waals surface area (Å²) < 4.78 is 5.52. The van der Waals surface area contributed by atoms with E-state index < -0.39 is 0 Å². The Hall–Kier alpha value is -1.17. The second-order valence-electron chi connectivity index (χ2n) is 6.18. The Morgan fingerprint density at radius 1 is 1.29 bits per heavy atom. The van der Waals surface area contributed by atoms with Gasteiger partial charge < -0.3 is 15.4 Å². The summed E-state index contributed by atoms with van der Waals surface area (Å²) in [4.78, 5) is 9.37. The molecule has 21 heavy (non-hydrogen) atoms. The highest BCUT2D eigenvalue weighted by Crippen LogP contribution is 2.43. The van der Waals surface area contributed by atoms with Crippen LogP contribution in [0.4, 0.5) is 5.82 Å². The number of ether oxygens (including phenoxy) is 1. The van der Waals surface area contributed by atoms with Gasteiger partial charge in [-0.25, -0.2) is 4.98 Å². The van der Waals surface area contributed by atoms with E-state index in [1.165, 1.54) is 12.8 Å². The third-order valence-electron chi connectivity index (χ3n) is 4.97. The van der Waals surface area contributed by atoms with Crippen LogP contribution < -0.4 is 10.6 Å². The van der Waals surface area contributed by atoms with E-state index in [0.29, 0.717) is 12.5 Å². The fourth-order valence-corrected chi connectivity index (χ4v) is 3.61. The second kappa shape index (κ2) is 6.30. The number of hydrogen-bond acceptors (Lipinski definition) is 5. The summed E-state index contributed by atoms with van der Waals surface area (Å²) in [6, 6.07) is 6.10. The molecule has 1 aromatic heterocycles. The summed E-state index contributed by atoms with van der Waals surface area (Å²) in [5, 5.41) is 0. The van der Waals surface area contributed by atoms with Gasteiger partial charge in [-0.05, 0) is 30.9 Å². The van der Waals surface area contributed by atoms with Gasteiger partial charge in [0, 0.05) is 46.0 Å². The Kier molecular flexibility index (Phi) is 4.42. The summed E-state index contributed by atoms with van der Waals surface area (Å²) >= 11 is 0. The van der Waals surface area contributed by atoms with E-state index >= 15 is 0 Å². The summed E-state index contributed by atoms with van der Waals surface area (Å²) in [7, 11) is 1.79. The number of nitrogens with two attached hydrogens (primary N) is 1. The minimum Gasteiger partial charge on any atom is -0.383 e. The number of piperazine rings is 1. The van der Waals surface area contributed by atoms with Crippen molar-refractivity contribution in [2.75, 3.05) is 51.3 Å². The Morgan fingerprint density at radius 2 is 2.05 bits per heavy atom. The van der Waals surface area contributed by atoms with Gasteiger partial charge in [0.1, 0.15) is 5.82 Å². The number of nitrogens with zero attached hydrogens (tertiary/aromatic N) is 3. The monoisotopic (exact) mass is 290 g/mol. The minimum atomic E-state index is 0.0466. The molecule has 1 aliphatic heterocycles. The van der Waals surface area contributed by atoms with Crippen molar-refractivity contribution >= 4 is 5.82 Å². The predicted octanol–water partition coefficient (Wildman–Crippen LogP) is 0.958. The maximum atomic E-state index is 6.16. The quantitative estimate of drug-likeness (QED) is 0.845. The minimum absolute atomic E-state index is 0.0466. The normalized spacial score (nSPS) is 23.0. The molecule has 0 radical (unpaired) electrons. The van der Waals surface area contributed by atoms with Crippen LogP contribution >= 0.6 is 0 Å². The summed E-state index contributed by atoms with van der Waals surface area (Å²) in [5.74, 6) is 1.79. The third kappa shape index (κ3) is 2.91. The van der Waals surface area contributed by atoms with Crippen molar-refractivity contribution in [1.29, 1.82) is 0 Å². The molecule has 1 aliphatic carbocycles. The average Bonchev–Trinajstić information content (AvgIpc) is 3.39. The van der Waals surface area contributed by atoms with Crippen LogP contribution in [0.3, 0.4) is 0 Å². The van der Waals surface area contributed by atoms with E-state index in [4.69, 9.17) is 10.5 Å². The van der Waals surface area contributed by atoms with Gasteiger partial charge in [0.2, 0.25) is 0 Å². The molecular weight excluding hydrogens is 264 g/mol. The van der Waals surface area contributed by atoms with Gasteiger partial charge in [-0.15, -0.1) is 0 Å². The van der Waals surface area contributed by atoms with Crippen molar-refractivity contribution in [3.63, 3.8) is 0 Å². The van der Waals surface area contributed by atoms with Crippen molar-refractivity contribution in [3.05, 3.63) is 24.4 Å². The number of pyridine rings is 1. The molecule has 1 atom stereocenters. The lowest BCUT2D eigenvalue weighted by atomic mass is 9.91. The average molecular weight is 290 g/mol. The van der Waals surface area contributed by atoms with Crippen LogP contribution in [-0.2, 0) is 4.74 Å². The molecule has 0 bridgehead atoms. The van der Waals surface area contributed by atoms with Crippen LogP contribution in [0.25, 0.3) is 0 Å². The smallest absolute Gasteiger partial charge is 0.128 e. The molecule has 5 heteroatoms.